The number of benzene rings is 1. The molecule has 2 N–H and O–H groups in total. The maximum Gasteiger partial charge on any atom is 0.274 e. The summed E-state index contributed by atoms with van der Waals surface area (Å²) >= 11 is 0. The van der Waals surface area contributed by atoms with Crippen molar-refractivity contribution >= 4 is 5.91 Å². The van der Waals surface area contributed by atoms with Crippen LogP contribution in [0.15, 0.2) is 48.7 Å². The highest BCUT2D eigenvalue weighted by atomic mass is 19.1. The molecule has 0 bridgehead atoms. The number of aromatic nitrogens is 4. The minimum atomic E-state index is -0.474. The molecular weight excluding hydrogens is 313 g/mol. The third-order valence-corrected chi connectivity index (χ3v) is 3.26. The largest absolute Gasteiger partial charge is 0.390 e. The quantitative estimate of drug-likeness (QED) is 0.735. The van der Waals surface area contributed by atoms with E-state index in [2.05, 4.69) is 20.5 Å². The molecule has 1 amide bonds. The Hall–Kier alpha value is -3.13. The van der Waals surface area contributed by atoms with Crippen LogP contribution >= 0.6 is 0 Å². The van der Waals surface area contributed by atoms with Gasteiger partial charge in [-0.25, -0.2) is 4.39 Å². The van der Waals surface area contributed by atoms with Crippen molar-refractivity contribution in [2.24, 2.45) is 0 Å². The van der Waals surface area contributed by atoms with E-state index in [1.165, 1.54) is 29.1 Å². The molecule has 0 spiro atoms. The number of hydrogen-bond acceptors (Lipinski definition) is 5. The molecular formula is C16H14FN5O2. The predicted molar refractivity (Wildman–Crippen MR) is 82.6 cm³/mol. The fraction of sp³-hybridized carbons (Fsp3) is 0.125. The lowest BCUT2D eigenvalue weighted by molar-refractivity contribution is 0.0942. The lowest BCUT2D eigenvalue weighted by Crippen LogP contribution is -2.25. The Balaban J connectivity index is 1.79. The van der Waals surface area contributed by atoms with Gasteiger partial charge in [-0.2, -0.15) is 4.80 Å². The first-order valence-electron chi connectivity index (χ1n) is 7.18. The standard InChI is InChI=1S/C16H14FN5O2/c17-11-4-6-13(7-5-11)22-20-14(10-23)15(21-22)16(24)19-9-12-3-1-2-8-18-12/h1-8,23H,9-10H2,(H,19,24). The van der Waals surface area contributed by atoms with Crippen molar-refractivity contribution in [2.75, 3.05) is 0 Å². The van der Waals surface area contributed by atoms with Crippen molar-refractivity contribution in [3.05, 3.63) is 71.6 Å². The number of nitrogens with one attached hydrogen (secondary N) is 1. The maximum atomic E-state index is 13.0. The molecule has 2 heterocycles. The van der Waals surface area contributed by atoms with E-state index in [1.807, 2.05) is 6.07 Å². The molecule has 7 nitrogen and oxygen atoms in total. The van der Waals surface area contributed by atoms with Gasteiger partial charge < -0.3 is 10.4 Å². The maximum absolute atomic E-state index is 13.0. The van der Waals surface area contributed by atoms with E-state index >= 15 is 0 Å². The number of aliphatic hydroxyl groups is 1. The summed E-state index contributed by atoms with van der Waals surface area (Å²) in [5, 5.41) is 20.2. The number of carbonyl (C=O) groups is 1. The van der Waals surface area contributed by atoms with Crippen LogP contribution in [0.25, 0.3) is 5.69 Å². The zero-order chi connectivity index (χ0) is 16.9. The number of pyridine rings is 1. The molecule has 0 unspecified atom stereocenters. The average Bonchev–Trinajstić information content (AvgIpc) is 3.05. The second kappa shape index (κ2) is 6.97. The second-order valence-electron chi connectivity index (χ2n) is 4.92. The van der Waals surface area contributed by atoms with E-state index < -0.39 is 12.5 Å². The van der Waals surface area contributed by atoms with Crippen molar-refractivity contribution in [3.8, 4) is 5.69 Å². The molecule has 1 aromatic carbocycles. The van der Waals surface area contributed by atoms with Gasteiger partial charge >= 0.3 is 0 Å². The number of nitrogens with zero attached hydrogens (tertiary/aromatic N) is 4. The van der Waals surface area contributed by atoms with Gasteiger partial charge in [0, 0.05) is 6.20 Å². The van der Waals surface area contributed by atoms with E-state index in [4.69, 9.17) is 0 Å². The van der Waals surface area contributed by atoms with E-state index in [9.17, 15) is 14.3 Å². The molecule has 0 saturated carbocycles. The Morgan fingerprint density at radius 2 is 1.96 bits per heavy atom. The summed E-state index contributed by atoms with van der Waals surface area (Å²) in [6, 6.07) is 10.9. The molecule has 0 aliphatic rings. The number of halogens is 1. The Bertz CT molecular complexity index is 833. The Morgan fingerprint density at radius 1 is 1.17 bits per heavy atom. The summed E-state index contributed by atoms with van der Waals surface area (Å²) in [5.41, 5.74) is 1.33. The molecule has 2 aromatic heterocycles. The van der Waals surface area contributed by atoms with Crippen molar-refractivity contribution in [1.82, 2.24) is 25.3 Å². The summed E-state index contributed by atoms with van der Waals surface area (Å²) < 4.78 is 13.0. The number of carbonyl (C=O) groups excluding carboxylic acids is 1. The van der Waals surface area contributed by atoms with E-state index in [0.29, 0.717) is 11.4 Å². The highest BCUT2D eigenvalue weighted by Crippen LogP contribution is 2.10. The minimum absolute atomic E-state index is 0.0118. The Labute approximate surface area is 136 Å². The molecule has 0 aliphatic carbocycles. The third kappa shape index (κ3) is 3.44. The summed E-state index contributed by atoms with van der Waals surface area (Å²) in [6.45, 7) is -0.207. The first kappa shape index (κ1) is 15.8. The molecule has 24 heavy (non-hydrogen) atoms. The topological polar surface area (TPSA) is 92.9 Å². The molecule has 0 aliphatic heterocycles. The van der Waals surface area contributed by atoms with Gasteiger partial charge in [0.25, 0.3) is 5.91 Å². The van der Waals surface area contributed by atoms with Gasteiger partial charge in [-0.15, -0.1) is 10.2 Å². The SMILES string of the molecule is O=C(NCc1ccccn1)c1nn(-c2ccc(F)cc2)nc1CO. The minimum Gasteiger partial charge on any atom is -0.390 e. The van der Waals surface area contributed by atoms with Crippen LogP contribution in [0, 0.1) is 5.82 Å². The van der Waals surface area contributed by atoms with E-state index in [-0.39, 0.29) is 23.7 Å². The fourth-order valence-corrected chi connectivity index (χ4v) is 2.07. The van der Waals surface area contributed by atoms with Crippen LogP contribution in [0.1, 0.15) is 21.9 Å². The van der Waals surface area contributed by atoms with Gasteiger partial charge in [0.15, 0.2) is 5.69 Å². The third-order valence-electron chi connectivity index (χ3n) is 3.26. The van der Waals surface area contributed by atoms with Crippen molar-refractivity contribution < 1.29 is 14.3 Å². The first-order chi connectivity index (χ1) is 11.7. The van der Waals surface area contributed by atoms with Crippen molar-refractivity contribution in [2.45, 2.75) is 13.2 Å². The van der Waals surface area contributed by atoms with Crippen LogP contribution in [0.2, 0.25) is 0 Å². The molecule has 3 aromatic rings. The number of rotatable bonds is 5. The zero-order valence-corrected chi connectivity index (χ0v) is 12.6. The molecule has 0 radical (unpaired) electrons. The van der Waals surface area contributed by atoms with Crippen LogP contribution in [0.3, 0.4) is 0 Å². The summed E-state index contributed by atoms with van der Waals surface area (Å²) in [5.74, 6) is -0.861. The van der Waals surface area contributed by atoms with Crippen LogP contribution in [-0.2, 0) is 13.2 Å². The molecule has 3 rings (SSSR count). The van der Waals surface area contributed by atoms with E-state index in [0.717, 1.165) is 0 Å². The average molecular weight is 327 g/mol. The Morgan fingerprint density at radius 3 is 2.62 bits per heavy atom. The zero-order valence-electron chi connectivity index (χ0n) is 12.6. The second-order valence-corrected chi connectivity index (χ2v) is 4.92. The molecule has 8 heteroatoms. The van der Waals surface area contributed by atoms with Gasteiger partial charge in [-0.3, -0.25) is 9.78 Å². The normalized spacial score (nSPS) is 10.6. The summed E-state index contributed by atoms with van der Waals surface area (Å²) in [6.07, 6.45) is 1.63. The lowest BCUT2D eigenvalue weighted by Gasteiger charge is -2.03. The smallest absolute Gasteiger partial charge is 0.274 e. The van der Waals surface area contributed by atoms with Crippen molar-refractivity contribution in [1.29, 1.82) is 0 Å². The van der Waals surface area contributed by atoms with Crippen LogP contribution in [0.5, 0.6) is 0 Å². The molecule has 122 valence electrons. The van der Waals surface area contributed by atoms with Gasteiger partial charge in [-0.05, 0) is 36.4 Å². The fourth-order valence-electron chi connectivity index (χ4n) is 2.07. The summed E-state index contributed by atoms with van der Waals surface area (Å²) in [7, 11) is 0. The van der Waals surface area contributed by atoms with Gasteiger partial charge in [-0.1, -0.05) is 6.07 Å². The van der Waals surface area contributed by atoms with Crippen molar-refractivity contribution in [3.63, 3.8) is 0 Å². The number of aliphatic hydroxyl groups excluding tert-OH is 1. The van der Waals surface area contributed by atoms with Gasteiger partial charge in [0.1, 0.15) is 11.5 Å². The summed E-state index contributed by atoms with van der Waals surface area (Å²) in [4.78, 5) is 17.6. The number of amides is 1. The van der Waals surface area contributed by atoms with Crippen LogP contribution in [-0.4, -0.2) is 31.0 Å². The molecule has 0 atom stereocenters. The highest BCUT2D eigenvalue weighted by Gasteiger charge is 2.18. The van der Waals surface area contributed by atoms with Crippen LogP contribution < -0.4 is 5.32 Å². The van der Waals surface area contributed by atoms with Gasteiger partial charge in [0.05, 0.1) is 24.5 Å². The molecule has 0 fully saturated rings. The first-order valence-corrected chi connectivity index (χ1v) is 7.18. The number of hydrogen-bond donors (Lipinski definition) is 2. The monoisotopic (exact) mass is 327 g/mol. The molecule has 0 saturated heterocycles. The Kier molecular flexibility index (Phi) is 4.57. The van der Waals surface area contributed by atoms with Crippen LogP contribution in [0.4, 0.5) is 4.39 Å². The lowest BCUT2D eigenvalue weighted by atomic mass is 10.3. The van der Waals surface area contributed by atoms with Gasteiger partial charge in [0.2, 0.25) is 0 Å². The van der Waals surface area contributed by atoms with E-state index in [1.54, 1.807) is 18.3 Å². The highest BCUT2D eigenvalue weighted by molar-refractivity contribution is 5.93. The predicted octanol–water partition coefficient (Wildman–Crippen LogP) is 1.22.